The molecule has 0 saturated heterocycles. The van der Waals surface area contributed by atoms with Crippen molar-refractivity contribution in [2.75, 3.05) is 4.90 Å². The lowest BCUT2D eigenvalue weighted by Crippen LogP contribution is -2.17. The highest BCUT2D eigenvalue weighted by atomic mass is 16.3. The number of hydrogen-bond donors (Lipinski definition) is 0. The van der Waals surface area contributed by atoms with Crippen LogP contribution in [-0.2, 0) is 5.41 Å². The van der Waals surface area contributed by atoms with Gasteiger partial charge >= 0.3 is 0 Å². The van der Waals surface area contributed by atoms with Crippen LogP contribution in [0.1, 0.15) is 93.6 Å². The van der Waals surface area contributed by atoms with Crippen LogP contribution < -0.4 is 4.90 Å². The molecule has 10 aromatic carbocycles. The number of benzene rings is 10. The predicted octanol–water partition coefficient (Wildman–Crippen LogP) is 17.6. The van der Waals surface area contributed by atoms with Crippen LogP contribution in [0.2, 0.25) is 0 Å². The van der Waals surface area contributed by atoms with Crippen LogP contribution >= 0.6 is 0 Å². The van der Waals surface area contributed by atoms with E-state index in [1.807, 2.05) is 0 Å². The van der Waals surface area contributed by atoms with Gasteiger partial charge < -0.3 is 9.32 Å². The Balaban J connectivity index is 1.33. The van der Waals surface area contributed by atoms with Gasteiger partial charge in [0, 0.05) is 52.9 Å². The number of fused-ring (bicyclic) bond motifs is 9. The summed E-state index contributed by atoms with van der Waals surface area (Å²) in [6.45, 7) is -4.65. The molecule has 2 heteroatoms. The highest BCUT2D eigenvalue weighted by Crippen LogP contribution is 2.53. The van der Waals surface area contributed by atoms with Gasteiger partial charge in [0.25, 0.3) is 0 Å². The zero-order chi connectivity index (χ0) is 76.1. The molecular weight excluding hydrogens is 775 g/mol. The number of anilines is 3. The molecule has 0 spiro atoms. The molecule has 0 amide bonds. The normalized spacial score (nSPS) is 21.7. The van der Waals surface area contributed by atoms with Crippen molar-refractivity contribution in [1.29, 1.82) is 0 Å². The maximum atomic E-state index is 10.4. The van der Waals surface area contributed by atoms with Crippen molar-refractivity contribution in [1.82, 2.24) is 0 Å². The lowest BCUT2D eigenvalue weighted by atomic mass is 9.82. The van der Waals surface area contributed by atoms with Crippen molar-refractivity contribution in [3.05, 3.63) is 221 Å². The lowest BCUT2D eigenvalue weighted by molar-refractivity contribution is 0.660. The summed E-state index contributed by atoms with van der Waals surface area (Å²) in [6.07, 6.45) is 0. The standard InChI is InChI=1S/C62H47NO/c1-38-30-43-22-12-13-23-44(43)34-58(38)63(59-37-57-54(31-39(59)2)48-25-16-17-27-56(48)62(57,4)5)46-28-29-49-55-36-53(47-24-14-15-26-50(47)61(55)64-60(49)35-46)45-32-51(41-18-8-6-9-19-41)40(3)52(33-45)42-20-10-7-11-21-42/h6-37H,1-5H3/i4D3,5D3,6D,7D,8D,9D,10D,11D,12D,13D,14D,15D,16D,17D,18D,19D,20D,21D,22D,23D,24D,25D,26D,27D,28D,29D,30D,31D,32D,33D,34D,35D,36D,37D. The molecular formula is C62H47NO. The first kappa shape index (κ1) is 15.5. The van der Waals surface area contributed by atoms with Gasteiger partial charge in [-0.3, -0.25) is 0 Å². The van der Waals surface area contributed by atoms with Crippen molar-refractivity contribution in [2.45, 2.75) is 39.9 Å². The summed E-state index contributed by atoms with van der Waals surface area (Å²) in [6, 6.07) is -32.7. The monoisotopic (exact) mass is 860 g/mol. The van der Waals surface area contributed by atoms with Crippen molar-refractivity contribution in [3.8, 4) is 44.5 Å². The van der Waals surface area contributed by atoms with Gasteiger partial charge in [-0.2, -0.15) is 0 Å². The fraction of sp³-hybridized carbons (Fsp3) is 0.0968. The molecule has 0 bridgehead atoms. The second-order valence-electron chi connectivity index (χ2n) is 14.8. The van der Waals surface area contributed by atoms with E-state index in [-0.39, 0.29) is 0 Å². The van der Waals surface area contributed by atoms with Gasteiger partial charge in [0.05, 0.1) is 43.9 Å². The Morgan fingerprint density at radius 1 is 0.438 bits per heavy atom. The van der Waals surface area contributed by atoms with Gasteiger partial charge in [-0.15, -0.1) is 0 Å². The van der Waals surface area contributed by atoms with E-state index in [2.05, 4.69) is 0 Å². The summed E-state index contributed by atoms with van der Waals surface area (Å²) in [5, 5.41) is -4.49. The molecule has 1 aromatic heterocycles. The van der Waals surface area contributed by atoms with Crippen LogP contribution in [0.5, 0.6) is 0 Å². The Kier molecular flexibility index (Phi) is 3.51. The summed E-state index contributed by atoms with van der Waals surface area (Å²) in [7, 11) is 0. The maximum Gasteiger partial charge on any atom is 0.143 e. The summed E-state index contributed by atoms with van der Waals surface area (Å²) < 4.78 is 358. The Hall–Kier alpha value is -7.68. The van der Waals surface area contributed by atoms with Crippen LogP contribution in [0, 0.1) is 20.8 Å². The third-order valence-corrected chi connectivity index (χ3v) is 11.0. The minimum Gasteiger partial charge on any atom is -0.455 e. The largest absolute Gasteiger partial charge is 0.455 e. The summed E-state index contributed by atoms with van der Waals surface area (Å²) >= 11 is 0. The summed E-state index contributed by atoms with van der Waals surface area (Å²) in [4.78, 5) is 0.576. The molecule has 1 heterocycles. The van der Waals surface area contributed by atoms with Crippen LogP contribution in [0.25, 0.3) is 88.0 Å². The molecule has 64 heavy (non-hydrogen) atoms. The third kappa shape index (κ3) is 5.86. The topological polar surface area (TPSA) is 16.4 Å². The number of hydrogen-bond acceptors (Lipinski definition) is 2. The van der Waals surface area contributed by atoms with E-state index in [9.17, 15) is 16.4 Å². The fourth-order valence-corrected chi connectivity index (χ4v) is 8.02. The van der Waals surface area contributed by atoms with Crippen molar-refractivity contribution < 1.29 is 56.5 Å². The summed E-state index contributed by atoms with van der Waals surface area (Å²) in [5.41, 5.74) is -18.5. The second kappa shape index (κ2) is 14.4. The molecule has 306 valence electrons. The quantitative estimate of drug-likeness (QED) is 0.166. The molecule has 1 aliphatic carbocycles. The van der Waals surface area contributed by atoms with Crippen LogP contribution in [0.4, 0.5) is 17.1 Å². The first-order valence-electron chi connectivity index (χ1n) is 38.3. The zero-order valence-corrected chi connectivity index (χ0v) is 33.4. The van der Waals surface area contributed by atoms with Crippen molar-refractivity contribution >= 4 is 60.5 Å². The molecule has 0 fully saturated rings. The highest BCUT2D eigenvalue weighted by molar-refractivity contribution is 6.19. The molecule has 0 radical (unpaired) electrons. The Morgan fingerprint density at radius 3 is 1.77 bits per heavy atom. The molecule has 12 rings (SSSR count). The lowest BCUT2D eigenvalue weighted by Gasteiger charge is -2.31. The van der Waals surface area contributed by atoms with E-state index in [1.54, 1.807) is 0 Å². The van der Waals surface area contributed by atoms with E-state index in [1.165, 1.54) is 0 Å². The molecule has 11 aromatic rings. The van der Waals surface area contributed by atoms with Crippen LogP contribution in [0.15, 0.2) is 198 Å². The van der Waals surface area contributed by atoms with Gasteiger partial charge in [-0.25, -0.2) is 0 Å². The molecule has 0 unspecified atom stereocenters. The van der Waals surface area contributed by atoms with E-state index in [4.69, 9.17) is 40.1 Å². The van der Waals surface area contributed by atoms with E-state index in [0.29, 0.717) is 4.90 Å². The zero-order valence-electron chi connectivity index (χ0n) is 71.4. The van der Waals surface area contributed by atoms with Crippen LogP contribution in [-0.4, -0.2) is 0 Å². The number of furan rings is 1. The molecule has 2 nitrogen and oxygen atoms in total. The fourth-order valence-electron chi connectivity index (χ4n) is 8.02. The molecule has 1 aliphatic rings. The maximum absolute atomic E-state index is 10.4. The number of rotatable bonds is 6. The van der Waals surface area contributed by atoms with Crippen LogP contribution in [0.3, 0.4) is 0 Å². The average Bonchev–Trinajstić information content (AvgIpc) is 1.49. The predicted molar refractivity (Wildman–Crippen MR) is 271 cm³/mol. The van der Waals surface area contributed by atoms with Gasteiger partial charge in [0.2, 0.25) is 0 Å². The van der Waals surface area contributed by atoms with E-state index < -0.39 is 345 Å². The molecule has 0 saturated carbocycles. The van der Waals surface area contributed by atoms with Gasteiger partial charge in [0.15, 0.2) is 0 Å². The van der Waals surface area contributed by atoms with E-state index >= 15 is 0 Å². The van der Waals surface area contributed by atoms with Gasteiger partial charge in [0.1, 0.15) is 11.2 Å². The van der Waals surface area contributed by atoms with Crippen molar-refractivity contribution in [3.63, 3.8) is 0 Å². The Morgan fingerprint density at radius 2 is 1.05 bits per heavy atom. The third-order valence-electron chi connectivity index (χ3n) is 11.0. The first-order chi connectivity index (χ1) is 47.1. The first-order valence-corrected chi connectivity index (χ1v) is 19.3. The molecule has 0 atom stereocenters. The Labute approximate surface area is 428 Å². The minimum atomic E-state index is -3.98. The highest BCUT2D eigenvalue weighted by Gasteiger charge is 2.36. The van der Waals surface area contributed by atoms with Crippen molar-refractivity contribution in [2.24, 2.45) is 0 Å². The number of nitrogens with zero attached hydrogens (tertiary/aromatic N) is 1. The minimum absolute atomic E-state index is 0.415. The smallest absolute Gasteiger partial charge is 0.143 e. The SMILES string of the molecule is [2H]c1c([2H])c([2H])c(-c2c([2H])c(-c3c([2H])c4c(oc5c([2H])c(N(c6c([2H])c7c(c([2H])c6C)-c6c([2H])c([2H])c([2H])c([2H])c6C7(C([2H])([2H])[2H])C([2H])([2H])[2H])c6c(C)c([2H])c7c([2H])c([2H])c([2H])c([2H])c7c6[2H])c([2H])c([2H])c54)c4c([2H])c([2H])c([2H])c([2H])c34)c([2H])c(-c3c([2H])c([2H])c([2H])c([2H])c3[2H])c2C)c([2H])c1[2H]. The molecule has 0 aliphatic heterocycles. The second-order valence-corrected chi connectivity index (χ2v) is 14.8. The van der Waals surface area contributed by atoms with Gasteiger partial charge in [-0.05, 0) is 164 Å². The summed E-state index contributed by atoms with van der Waals surface area (Å²) in [5.74, 6) is 0. The average molecular weight is 860 g/mol. The molecule has 0 N–H and O–H groups in total. The Bertz CT molecular complexity index is 5640. The van der Waals surface area contributed by atoms with E-state index in [0.717, 1.165) is 20.8 Å². The van der Waals surface area contributed by atoms with Gasteiger partial charge in [-0.1, -0.05) is 147 Å².